The first kappa shape index (κ1) is 20.1. The zero-order valence-corrected chi connectivity index (χ0v) is 15.7. The number of ether oxygens (including phenoxy) is 3. The number of halogens is 2. The SMILES string of the molecule is CCOC(=O)/C=c1\[nH]c(=S)s\c1=C/c1cccc(OCC)c1OC(F)F. The van der Waals surface area contributed by atoms with E-state index in [-0.39, 0.29) is 18.1 Å². The van der Waals surface area contributed by atoms with Crippen molar-refractivity contribution in [3.05, 3.63) is 37.6 Å². The van der Waals surface area contributed by atoms with Crippen molar-refractivity contribution >= 4 is 41.7 Å². The van der Waals surface area contributed by atoms with Gasteiger partial charge in [0.25, 0.3) is 0 Å². The number of hydrogen-bond donors (Lipinski definition) is 1. The van der Waals surface area contributed by atoms with Crippen LogP contribution >= 0.6 is 23.6 Å². The Morgan fingerprint density at radius 2 is 2.12 bits per heavy atom. The minimum Gasteiger partial charge on any atom is -0.490 e. The van der Waals surface area contributed by atoms with Gasteiger partial charge in [0.05, 0.1) is 23.1 Å². The molecule has 2 aromatic rings. The summed E-state index contributed by atoms with van der Waals surface area (Å²) in [7, 11) is 0. The molecule has 0 radical (unpaired) electrons. The van der Waals surface area contributed by atoms with E-state index in [1.54, 1.807) is 38.1 Å². The average Bonchev–Trinajstić information content (AvgIpc) is 2.89. The fourth-order valence-corrected chi connectivity index (χ4v) is 3.29. The Kier molecular flexibility index (Phi) is 7.28. The molecule has 9 heteroatoms. The summed E-state index contributed by atoms with van der Waals surface area (Å²) in [5.41, 5.74) is 0.375. The first-order chi connectivity index (χ1) is 12.4. The second-order valence-electron chi connectivity index (χ2n) is 4.82. The van der Waals surface area contributed by atoms with Gasteiger partial charge < -0.3 is 19.2 Å². The van der Waals surface area contributed by atoms with Crippen LogP contribution in [0.25, 0.3) is 12.2 Å². The third-order valence-electron chi connectivity index (χ3n) is 3.06. The summed E-state index contributed by atoms with van der Waals surface area (Å²) in [4.78, 5) is 14.6. The molecule has 2 rings (SSSR count). The van der Waals surface area contributed by atoms with Crippen molar-refractivity contribution in [2.24, 2.45) is 0 Å². The van der Waals surface area contributed by atoms with E-state index in [1.165, 1.54) is 17.4 Å². The van der Waals surface area contributed by atoms with Gasteiger partial charge in [0.1, 0.15) is 0 Å². The number of benzene rings is 1. The van der Waals surface area contributed by atoms with Gasteiger partial charge in [-0.05, 0) is 38.2 Å². The molecular formula is C17H17F2NO4S2. The van der Waals surface area contributed by atoms with Crippen LogP contribution < -0.4 is 19.4 Å². The van der Waals surface area contributed by atoms with E-state index in [0.29, 0.717) is 26.0 Å². The number of aromatic nitrogens is 1. The van der Waals surface area contributed by atoms with Gasteiger partial charge in [-0.1, -0.05) is 12.1 Å². The van der Waals surface area contributed by atoms with Crippen LogP contribution in [0.1, 0.15) is 19.4 Å². The zero-order chi connectivity index (χ0) is 19.1. The van der Waals surface area contributed by atoms with Crippen LogP contribution in [0.15, 0.2) is 18.2 Å². The second kappa shape index (κ2) is 9.44. The van der Waals surface area contributed by atoms with Crippen LogP contribution in [0.5, 0.6) is 11.5 Å². The maximum atomic E-state index is 12.8. The maximum absolute atomic E-state index is 12.8. The normalized spacial score (nSPS) is 12.5. The van der Waals surface area contributed by atoms with Gasteiger partial charge in [-0.3, -0.25) is 0 Å². The summed E-state index contributed by atoms with van der Waals surface area (Å²) in [6, 6.07) is 4.82. The summed E-state index contributed by atoms with van der Waals surface area (Å²) in [6.07, 6.45) is 2.87. The lowest BCUT2D eigenvalue weighted by Crippen LogP contribution is -2.23. The molecule has 0 aliphatic carbocycles. The Morgan fingerprint density at radius 1 is 1.35 bits per heavy atom. The first-order valence-electron chi connectivity index (χ1n) is 7.74. The van der Waals surface area contributed by atoms with E-state index in [1.807, 2.05) is 0 Å². The van der Waals surface area contributed by atoms with Gasteiger partial charge in [0.2, 0.25) is 0 Å². The molecule has 0 unspecified atom stereocenters. The molecule has 0 bridgehead atoms. The standard InChI is InChI=1S/C17H17F2NO4S2/c1-3-22-12-7-5-6-10(15(12)24-16(18)19)8-13-11(20-17(25)26-13)9-14(21)23-4-2/h5-9,16H,3-4H2,1-2H3,(H,20,25)/b11-9-,13-8-. The molecule has 0 saturated carbocycles. The third-order valence-corrected chi connectivity index (χ3v) is 4.25. The zero-order valence-electron chi connectivity index (χ0n) is 14.1. The lowest BCUT2D eigenvalue weighted by atomic mass is 10.1. The number of esters is 1. The minimum absolute atomic E-state index is 0.0780. The van der Waals surface area contributed by atoms with E-state index in [0.717, 1.165) is 0 Å². The molecule has 0 fully saturated rings. The summed E-state index contributed by atoms with van der Waals surface area (Å²) in [5, 5.41) is 0.434. The van der Waals surface area contributed by atoms with Crippen molar-refractivity contribution in [1.82, 2.24) is 4.98 Å². The third kappa shape index (κ3) is 5.37. The molecule has 5 nitrogen and oxygen atoms in total. The van der Waals surface area contributed by atoms with Crippen LogP contribution in [-0.4, -0.2) is 30.8 Å². The van der Waals surface area contributed by atoms with Crippen molar-refractivity contribution in [3.63, 3.8) is 0 Å². The second-order valence-corrected chi connectivity index (χ2v) is 6.54. The number of hydrogen-bond acceptors (Lipinski definition) is 6. The minimum atomic E-state index is -3.00. The summed E-state index contributed by atoms with van der Waals surface area (Å²) >= 11 is 6.32. The highest BCUT2D eigenvalue weighted by Crippen LogP contribution is 2.33. The van der Waals surface area contributed by atoms with Crippen LogP contribution in [0.4, 0.5) is 8.78 Å². The van der Waals surface area contributed by atoms with Crippen molar-refractivity contribution in [2.75, 3.05) is 13.2 Å². The molecule has 1 aromatic heterocycles. The van der Waals surface area contributed by atoms with Gasteiger partial charge in [0.15, 0.2) is 15.5 Å². The molecule has 0 spiro atoms. The Hall–Kier alpha value is -2.26. The molecule has 140 valence electrons. The van der Waals surface area contributed by atoms with Crippen LogP contribution in [0, 0.1) is 3.95 Å². The van der Waals surface area contributed by atoms with E-state index in [2.05, 4.69) is 9.72 Å². The topological polar surface area (TPSA) is 60.6 Å². The molecular weight excluding hydrogens is 384 g/mol. The van der Waals surface area contributed by atoms with E-state index < -0.39 is 12.6 Å². The molecule has 0 amide bonds. The number of para-hydroxylation sites is 1. The summed E-state index contributed by atoms with van der Waals surface area (Å²) < 4.78 is 41.5. The lowest BCUT2D eigenvalue weighted by Gasteiger charge is -2.13. The highest BCUT2D eigenvalue weighted by molar-refractivity contribution is 7.73. The monoisotopic (exact) mass is 401 g/mol. The molecule has 0 aliphatic rings. The first-order valence-corrected chi connectivity index (χ1v) is 8.97. The number of nitrogens with one attached hydrogen (secondary N) is 1. The quantitative estimate of drug-likeness (QED) is 0.571. The number of aromatic amines is 1. The number of carbonyl (C=O) groups is 1. The fraction of sp³-hybridized carbons (Fsp3) is 0.294. The number of rotatable bonds is 7. The van der Waals surface area contributed by atoms with Crippen LogP contribution in [0.3, 0.4) is 0 Å². The predicted molar refractivity (Wildman–Crippen MR) is 97.7 cm³/mol. The lowest BCUT2D eigenvalue weighted by molar-refractivity contribution is -0.135. The van der Waals surface area contributed by atoms with Crippen molar-refractivity contribution in [3.8, 4) is 11.5 Å². The Labute approximate surface area is 157 Å². The molecule has 0 saturated heterocycles. The van der Waals surface area contributed by atoms with Crippen molar-refractivity contribution in [1.29, 1.82) is 0 Å². The molecule has 1 N–H and O–H groups in total. The van der Waals surface area contributed by atoms with E-state index >= 15 is 0 Å². The number of thiazole rings is 1. The van der Waals surface area contributed by atoms with Crippen LogP contribution in [0.2, 0.25) is 0 Å². The fourth-order valence-electron chi connectivity index (χ4n) is 2.14. The average molecular weight is 401 g/mol. The highest BCUT2D eigenvalue weighted by Gasteiger charge is 2.14. The summed E-state index contributed by atoms with van der Waals surface area (Å²) in [5.74, 6) is -0.402. The molecule has 0 atom stereocenters. The Morgan fingerprint density at radius 3 is 2.77 bits per heavy atom. The maximum Gasteiger partial charge on any atom is 0.387 e. The van der Waals surface area contributed by atoms with Crippen molar-refractivity contribution < 1.29 is 27.8 Å². The molecule has 0 aliphatic heterocycles. The smallest absolute Gasteiger partial charge is 0.387 e. The van der Waals surface area contributed by atoms with Gasteiger partial charge in [-0.25, -0.2) is 4.79 Å². The predicted octanol–water partition coefficient (Wildman–Crippen LogP) is 2.98. The molecule has 26 heavy (non-hydrogen) atoms. The Bertz CT molecular complexity index is 937. The Balaban J connectivity index is 2.62. The van der Waals surface area contributed by atoms with E-state index in [4.69, 9.17) is 21.7 Å². The van der Waals surface area contributed by atoms with Gasteiger partial charge in [-0.2, -0.15) is 8.78 Å². The van der Waals surface area contributed by atoms with Gasteiger partial charge in [-0.15, -0.1) is 11.3 Å². The summed E-state index contributed by atoms with van der Waals surface area (Å²) in [6.45, 7) is 0.976. The van der Waals surface area contributed by atoms with Crippen LogP contribution in [-0.2, 0) is 9.53 Å². The number of H-pyrrole nitrogens is 1. The molecule has 1 aromatic carbocycles. The highest BCUT2D eigenvalue weighted by atomic mass is 32.1. The number of alkyl halides is 2. The van der Waals surface area contributed by atoms with E-state index in [9.17, 15) is 13.6 Å². The van der Waals surface area contributed by atoms with Gasteiger partial charge >= 0.3 is 12.6 Å². The van der Waals surface area contributed by atoms with Gasteiger partial charge in [0, 0.05) is 11.6 Å². The van der Waals surface area contributed by atoms with Crippen molar-refractivity contribution in [2.45, 2.75) is 20.5 Å². The largest absolute Gasteiger partial charge is 0.490 e. The molecule has 1 heterocycles. The number of carbonyl (C=O) groups excluding carboxylic acids is 1.